The van der Waals surface area contributed by atoms with Crippen LogP contribution in [-0.2, 0) is 9.59 Å². The molecule has 0 bridgehead atoms. The summed E-state index contributed by atoms with van der Waals surface area (Å²) in [5.74, 6) is 1.93. The molecule has 8 heteroatoms. The van der Waals surface area contributed by atoms with Crippen LogP contribution in [0.15, 0.2) is 48.8 Å². The van der Waals surface area contributed by atoms with E-state index in [-0.39, 0.29) is 29.2 Å². The van der Waals surface area contributed by atoms with Crippen molar-refractivity contribution in [1.82, 2.24) is 9.97 Å². The smallest absolute Gasteiger partial charge is 0.238 e. The Morgan fingerprint density at radius 3 is 2.61 bits per heavy atom. The first-order chi connectivity index (χ1) is 18.4. The van der Waals surface area contributed by atoms with Crippen LogP contribution in [0.25, 0.3) is 11.1 Å². The van der Waals surface area contributed by atoms with Crippen LogP contribution in [0.1, 0.15) is 57.4 Å². The van der Waals surface area contributed by atoms with Gasteiger partial charge in [0.25, 0.3) is 0 Å². The fourth-order valence-corrected chi connectivity index (χ4v) is 6.18. The normalized spacial score (nSPS) is 21.1. The lowest BCUT2D eigenvalue weighted by atomic mass is 9.94. The number of benzene rings is 1. The van der Waals surface area contributed by atoms with Crippen LogP contribution < -0.4 is 19.9 Å². The van der Waals surface area contributed by atoms with E-state index in [1.807, 2.05) is 34.2 Å². The molecule has 1 aliphatic carbocycles. The Morgan fingerprint density at radius 2 is 1.89 bits per heavy atom. The first-order valence-electron chi connectivity index (χ1n) is 13.6. The fourth-order valence-electron chi connectivity index (χ4n) is 6.18. The molecule has 4 aliphatic rings. The summed E-state index contributed by atoms with van der Waals surface area (Å²) in [5, 5.41) is 3.40. The molecule has 1 aromatic carbocycles. The maximum Gasteiger partial charge on any atom is 0.238 e. The van der Waals surface area contributed by atoms with Gasteiger partial charge in [0, 0.05) is 30.4 Å². The van der Waals surface area contributed by atoms with Crippen molar-refractivity contribution in [1.29, 1.82) is 0 Å². The summed E-state index contributed by atoms with van der Waals surface area (Å²) in [6, 6.07) is 12.3. The number of anilines is 4. The molecule has 1 atom stereocenters. The molecule has 0 radical (unpaired) electrons. The first-order valence-corrected chi connectivity index (χ1v) is 13.6. The molecule has 1 saturated carbocycles. The van der Waals surface area contributed by atoms with Gasteiger partial charge < -0.3 is 19.9 Å². The van der Waals surface area contributed by atoms with Crippen LogP contribution in [0, 0.1) is 5.41 Å². The molecule has 2 amide bonds. The molecule has 7 rings (SSSR count). The molecule has 3 aliphatic heterocycles. The Balaban J connectivity index is 1.15. The predicted octanol–water partition coefficient (Wildman–Crippen LogP) is 5.42. The third kappa shape index (κ3) is 3.73. The van der Waals surface area contributed by atoms with Crippen molar-refractivity contribution >= 4 is 34.7 Å². The second-order valence-corrected chi connectivity index (χ2v) is 11.3. The van der Waals surface area contributed by atoms with Crippen molar-refractivity contribution in [2.45, 2.75) is 57.9 Å². The number of pyridine rings is 2. The SMILES string of the molecule is CC(C)c1cc(Nc2cnc3c(c2)N2C(=O)C4(CC4)C[C@H]2CO3)ncc1-c1ccc(N2CCCC2=O)cc1. The van der Waals surface area contributed by atoms with E-state index >= 15 is 0 Å². The Bertz CT molecular complexity index is 1450. The number of amides is 2. The Hall–Kier alpha value is -3.94. The van der Waals surface area contributed by atoms with Gasteiger partial charge in [-0.1, -0.05) is 26.0 Å². The lowest BCUT2D eigenvalue weighted by Crippen LogP contribution is -2.41. The van der Waals surface area contributed by atoms with E-state index in [0.717, 1.165) is 66.2 Å². The van der Waals surface area contributed by atoms with Crippen LogP contribution in [0.3, 0.4) is 0 Å². The Morgan fingerprint density at radius 1 is 1.08 bits per heavy atom. The van der Waals surface area contributed by atoms with Crippen LogP contribution >= 0.6 is 0 Å². The van der Waals surface area contributed by atoms with Gasteiger partial charge in [0.1, 0.15) is 18.1 Å². The van der Waals surface area contributed by atoms with E-state index in [0.29, 0.717) is 18.9 Å². The largest absolute Gasteiger partial charge is 0.474 e. The van der Waals surface area contributed by atoms with E-state index in [2.05, 4.69) is 42.3 Å². The summed E-state index contributed by atoms with van der Waals surface area (Å²) < 4.78 is 5.90. The minimum atomic E-state index is -0.162. The van der Waals surface area contributed by atoms with Gasteiger partial charge in [0.2, 0.25) is 17.7 Å². The average Bonchev–Trinajstić information content (AvgIpc) is 3.49. The minimum absolute atomic E-state index is 0.0921. The van der Waals surface area contributed by atoms with E-state index in [4.69, 9.17) is 9.72 Å². The van der Waals surface area contributed by atoms with Gasteiger partial charge in [0.15, 0.2) is 0 Å². The number of carbonyl (C=O) groups excluding carboxylic acids is 2. The summed E-state index contributed by atoms with van der Waals surface area (Å²) in [7, 11) is 0. The monoisotopic (exact) mass is 509 g/mol. The van der Waals surface area contributed by atoms with Gasteiger partial charge in [-0.3, -0.25) is 9.59 Å². The van der Waals surface area contributed by atoms with Crippen molar-refractivity contribution in [2.75, 3.05) is 28.3 Å². The van der Waals surface area contributed by atoms with E-state index in [1.54, 1.807) is 6.20 Å². The Kier molecular flexibility index (Phi) is 5.22. The third-order valence-electron chi connectivity index (χ3n) is 8.42. The topological polar surface area (TPSA) is 87.7 Å². The number of hydrogen-bond donors (Lipinski definition) is 1. The predicted molar refractivity (Wildman–Crippen MR) is 146 cm³/mol. The molecule has 1 spiro atoms. The highest BCUT2D eigenvalue weighted by molar-refractivity contribution is 6.04. The zero-order valence-electron chi connectivity index (χ0n) is 21.7. The zero-order valence-corrected chi connectivity index (χ0v) is 21.7. The van der Waals surface area contributed by atoms with Gasteiger partial charge in [-0.15, -0.1) is 0 Å². The number of nitrogens with zero attached hydrogens (tertiary/aromatic N) is 4. The summed E-state index contributed by atoms with van der Waals surface area (Å²) >= 11 is 0. The number of rotatable bonds is 5. The quantitative estimate of drug-likeness (QED) is 0.495. The average molecular weight is 510 g/mol. The lowest BCUT2D eigenvalue weighted by molar-refractivity contribution is -0.121. The third-order valence-corrected chi connectivity index (χ3v) is 8.42. The van der Waals surface area contributed by atoms with Crippen molar-refractivity contribution in [3.8, 4) is 17.0 Å². The molecule has 2 aromatic heterocycles. The highest BCUT2D eigenvalue weighted by Gasteiger charge is 2.60. The van der Waals surface area contributed by atoms with Crippen molar-refractivity contribution in [3.05, 3.63) is 54.4 Å². The molecule has 0 unspecified atom stereocenters. The second kappa shape index (κ2) is 8.55. The molecule has 3 fully saturated rings. The van der Waals surface area contributed by atoms with Crippen LogP contribution in [0.4, 0.5) is 22.9 Å². The number of nitrogens with one attached hydrogen (secondary N) is 1. The number of hydrogen-bond acceptors (Lipinski definition) is 6. The first kappa shape index (κ1) is 23.2. The highest BCUT2D eigenvalue weighted by atomic mass is 16.5. The van der Waals surface area contributed by atoms with Crippen LogP contribution in [0.5, 0.6) is 5.88 Å². The van der Waals surface area contributed by atoms with Gasteiger partial charge >= 0.3 is 0 Å². The molecule has 8 nitrogen and oxygen atoms in total. The molecule has 194 valence electrons. The van der Waals surface area contributed by atoms with Crippen LogP contribution in [-0.4, -0.2) is 41.0 Å². The van der Waals surface area contributed by atoms with Crippen LogP contribution in [0.2, 0.25) is 0 Å². The molecule has 1 N–H and O–H groups in total. The number of carbonyl (C=O) groups is 2. The standard InChI is InChI=1S/C30H31N5O3/c1-18(2)23-13-26(31-16-24(23)19-5-7-21(8-6-19)34-11-3-4-27(34)36)33-20-12-25-28(32-15-20)38-17-22-14-30(9-10-30)29(37)35(22)25/h5-8,12-13,15-16,18,22H,3-4,9-11,14,17H2,1-2H3,(H,31,33)/t22-/m0/s1. The van der Waals surface area contributed by atoms with Gasteiger partial charge in [0.05, 0.1) is 23.3 Å². The maximum absolute atomic E-state index is 13.2. The fraction of sp³-hybridized carbons (Fsp3) is 0.400. The molecule has 38 heavy (non-hydrogen) atoms. The molecular weight excluding hydrogens is 478 g/mol. The molecule has 5 heterocycles. The summed E-state index contributed by atoms with van der Waals surface area (Å²) in [5.41, 5.74) is 5.62. The molecule has 2 saturated heterocycles. The summed E-state index contributed by atoms with van der Waals surface area (Å²) in [6.45, 7) is 5.64. The van der Waals surface area contributed by atoms with Crippen molar-refractivity contribution in [2.24, 2.45) is 5.41 Å². The number of ether oxygens (including phenoxy) is 1. The number of aromatic nitrogens is 2. The maximum atomic E-state index is 13.2. The Labute approximate surface area is 222 Å². The van der Waals surface area contributed by atoms with Gasteiger partial charge in [-0.25, -0.2) is 9.97 Å². The van der Waals surface area contributed by atoms with Crippen molar-refractivity contribution < 1.29 is 14.3 Å². The zero-order chi connectivity index (χ0) is 26.0. The van der Waals surface area contributed by atoms with Gasteiger partial charge in [-0.05, 0) is 67.0 Å². The minimum Gasteiger partial charge on any atom is -0.474 e. The molecule has 3 aromatic rings. The second-order valence-electron chi connectivity index (χ2n) is 11.3. The van der Waals surface area contributed by atoms with E-state index in [1.165, 1.54) is 5.56 Å². The van der Waals surface area contributed by atoms with E-state index in [9.17, 15) is 9.59 Å². The highest BCUT2D eigenvalue weighted by Crippen LogP contribution is 2.58. The number of fused-ring (bicyclic) bond motifs is 3. The summed E-state index contributed by atoms with van der Waals surface area (Å²) in [6.07, 6.45) is 8.01. The van der Waals surface area contributed by atoms with Gasteiger partial charge in [-0.2, -0.15) is 0 Å². The molecular formula is C30H31N5O3. The lowest BCUT2D eigenvalue weighted by Gasteiger charge is -2.31. The van der Waals surface area contributed by atoms with Crippen molar-refractivity contribution in [3.63, 3.8) is 0 Å². The summed E-state index contributed by atoms with van der Waals surface area (Å²) in [4.78, 5) is 38.3. The van der Waals surface area contributed by atoms with E-state index < -0.39 is 0 Å².